The lowest BCUT2D eigenvalue weighted by atomic mass is 10.2. The maximum atomic E-state index is 6.23. The van der Waals surface area contributed by atoms with E-state index in [0.717, 1.165) is 33.6 Å². The van der Waals surface area contributed by atoms with E-state index >= 15 is 0 Å². The second-order valence-electron chi connectivity index (χ2n) is 5.75. The minimum atomic E-state index is 0.343. The maximum absolute atomic E-state index is 6.23. The average molecular weight is 488 g/mol. The number of aromatic amines is 1. The normalized spacial score (nSPS) is 10.8. The van der Waals surface area contributed by atoms with Crippen LogP contribution in [0.1, 0.15) is 23.9 Å². The molecule has 0 aliphatic rings. The number of nitrogens with one attached hydrogen (secondary N) is 2. The minimum Gasteiger partial charge on any atom is -0.488 e. The molecule has 0 spiro atoms. The van der Waals surface area contributed by atoms with Crippen LogP contribution in [0.25, 0.3) is 0 Å². The summed E-state index contributed by atoms with van der Waals surface area (Å²) in [5.41, 5.74) is 5.13. The smallest absolute Gasteiger partial charge is 0.214 e. The third-order valence-corrected chi connectivity index (χ3v) is 5.26. The number of aromatic nitrogens is 3. The third kappa shape index (κ3) is 5.04. The van der Waals surface area contributed by atoms with Gasteiger partial charge in [0.1, 0.15) is 12.4 Å². The van der Waals surface area contributed by atoms with Crippen molar-refractivity contribution in [3.05, 3.63) is 72.6 Å². The Morgan fingerprint density at radius 1 is 1.22 bits per heavy atom. The van der Waals surface area contributed by atoms with Crippen LogP contribution in [0.5, 0.6) is 5.75 Å². The van der Waals surface area contributed by atoms with Gasteiger partial charge >= 0.3 is 0 Å². The van der Waals surface area contributed by atoms with Crippen LogP contribution in [0.15, 0.2) is 40.9 Å². The van der Waals surface area contributed by atoms with E-state index in [1.54, 1.807) is 16.8 Å². The third-order valence-electron chi connectivity index (χ3n) is 3.91. The SMILES string of the molecule is CCc1n[nH]c(=S)n1NCc1cc(Br)ccc1OCc1ccc(Cl)cc1Cl. The Kier molecular flexibility index (Phi) is 6.81. The van der Waals surface area contributed by atoms with E-state index in [-0.39, 0.29) is 0 Å². The highest BCUT2D eigenvalue weighted by molar-refractivity contribution is 9.10. The summed E-state index contributed by atoms with van der Waals surface area (Å²) in [6.45, 7) is 2.88. The van der Waals surface area contributed by atoms with Gasteiger partial charge in [-0.25, -0.2) is 4.68 Å². The molecule has 0 amide bonds. The van der Waals surface area contributed by atoms with Gasteiger partial charge in [0.05, 0.1) is 6.54 Å². The highest BCUT2D eigenvalue weighted by Crippen LogP contribution is 2.27. The summed E-state index contributed by atoms with van der Waals surface area (Å²) in [6, 6.07) is 11.2. The molecule has 1 heterocycles. The van der Waals surface area contributed by atoms with Crippen molar-refractivity contribution < 1.29 is 4.74 Å². The first-order valence-corrected chi connectivity index (χ1v) is 10.2. The van der Waals surface area contributed by atoms with Crippen molar-refractivity contribution in [2.45, 2.75) is 26.5 Å². The number of halogens is 3. The molecule has 3 rings (SSSR count). The van der Waals surface area contributed by atoms with Crippen LogP contribution >= 0.6 is 51.3 Å². The molecule has 3 aromatic rings. The van der Waals surface area contributed by atoms with Crippen molar-refractivity contribution in [3.63, 3.8) is 0 Å². The van der Waals surface area contributed by atoms with Gasteiger partial charge in [-0.2, -0.15) is 5.10 Å². The van der Waals surface area contributed by atoms with Crippen LogP contribution in [-0.4, -0.2) is 14.9 Å². The zero-order valence-corrected chi connectivity index (χ0v) is 18.3. The highest BCUT2D eigenvalue weighted by Gasteiger charge is 2.09. The quantitative estimate of drug-likeness (QED) is 0.407. The van der Waals surface area contributed by atoms with Crippen LogP contribution in [0.4, 0.5) is 0 Å². The van der Waals surface area contributed by atoms with E-state index < -0.39 is 0 Å². The Bertz CT molecular complexity index is 1010. The zero-order valence-electron chi connectivity index (χ0n) is 14.4. The lowest BCUT2D eigenvalue weighted by molar-refractivity contribution is 0.303. The molecule has 0 radical (unpaired) electrons. The van der Waals surface area contributed by atoms with Gasteiger partial charge in [-0.1, -0.05) is 52.1 Å². The molecule has 0 aliphatic carbocycles. The second kappa shape index (κ2) is 9.10. The summed E-state index contributed by atoms with van der Waals surface area (Å²) >= 11 is 21.0. The van der Waals surface area contributed by atoms with E-state index in [2.05, 4.69) is 31.6 Å². The molecule has 1 aromatic heterocycles. The Morgan fingerprint density at radius 2 is 2.04 bits per heavy atom. The minimum absolute atomic E-state index is 0.343. The van der Waals surface area contributed by atoms with Gasteiger partial charge in [-0.05, 0) is 42.5 Å². The van der Waals surface area contributed by atoms with Gasteiger partial charge in [-0.3, -0.25) is 5.10 Å². The van der Waals surface area contributed by atoms with E-state index in [1.807, 2.05) is 31.2 Å². The standard InChI is InChI=1S/C18H17BrCl2N4OS/c1-2-17-23-24-18(27)25(17)22-9-12-7-13(19)4-6-16(12)26-10-11-3-5-14(20)8-15(11)21/h3-8,22H,2,9-10H2,1H3,(H,24,27). The van der Waals surface area contributed by atoms with Gasteiger partial charge in [0, 0.05) is 32.1 Å². The Morgan fingerprint density at radius 3 is 2.78 bits per heavy atom. The monoisotopic (exact) mass is 486 g/mol. The summed E-state index contributed by atoms with van der Waals surface area (Å²) in [5, 5.41) is 8.17. The number of nitrogens with zero attached hydrogens (tertiary/aromatic N) is 2. The van der Waals surface area contributed by atoms with Crippen LogP contribution in [0.2, 0.25) is 10.0 Å². The molecular weight excluding hydrogens is 471 g/mol. The molecule has 9 heteroatoms. The zero-order chi connectivity index (χ0) is 19.4. The topological polar surface area (TPSA) is 54.9 Å². The maximum Gasteiger partial charge on any atom is 0.214 e. The van der Waals surface area contributed by atoms with E-state index in [1.165, 1.54) is 0 Å². The summed E-state index contributed by atoms with van der Waals surface area (Å²) in [4.78, 5) is 0. The lowest BCUT2D eigenvalue weighted by Gasteiger charge is -2.15. The van der Waals surface area contributed by atoms with Crippen molar-refractivity contribution in [3.8, 4) is 5.75 Å². The molecule has 0 atom stereocenters. The largest absolute Gasteiger partial charge is 0.488 e. The number of hydrogen-bond donors (Lipinski definition) is 2. The molecule has 0 saturated heterocycles. The Hall–Kier alpha value is -1.54. The fourth-order valence-corrected chi connectivity index (χ4v) is 3.60. The van der Waals surface area contributed by atoms with Crippen LogP contribution in [0.3, 0.4) is 0 Å². The molecule has 0 aliphatic heterocycles. The van der Waals surface area contributed by atoms with Crippen molar-refractivity contribution in [1.82, 2.24) is 14.9 Å². The summed E-state index contributed by atoms with van der Waals surface area (Å²) in [5.74, 6) is 1.59. The number of hydrogen-bond acceptors (Lipinski definition) is 4. The van der Waals surface area contributed by atoms with Gasteiger partial charge in [0.15, 0.2) is 5.82 Å². The van der Waals surface area contributed by atoms with Gasteiger partial charge in [0.2, 0.25) is 4.77 Å². The van der Waals surface area contributed by atoms with Crippen LogP contribution < -0.4 is 10.2 Å². The molecule has 142 valence electrons. The van der Waals surface area contributed by atoms with Gasteiger partial charge in [-0.15, -0.1) is 0 Å². The first kappa shape index (κ1) is 20.2. The predicted octanol–water partition coefficient (Wildman–Crippen LogP) is 5.90. The van der Waals surface area contributed by atoms with Crippen LogP contribution in [-0.2, 0) is 19.6 Å². The fraction of sp³-hybridized carbons (Fsp3) is 0.222. The molecule has 2 N–H and O–H groups in total. The second-order valence-corrected chi connectivity index (χ2v) is 7.89. The molecule has 0 fully saturated rings. The summed E-state index contributed by atoms with van der Waals surface area (Å²) in [6.07, 6.45) is 0.761. The molecule has 5 nitrogen and oxygen atoms in total. The molecule has 0 unspecified atom stereocenters. The Balaban J connectivity index is 1.76. The predicted molar refractivity (Wildman–Crippen MR) is 115 cm³/mol. The average Bonchev–Trinajstić information content (AvgIpc) is 3.00. The van der Waals surface area contributed by atoms with Crippen LogP contribution in [0, 0.1) is 4.77 Å². The number of ether oxygens (including phenoxy) is 1. The molecule has 27 heavy (non-hydrogen) atoms. The van der Waals surface area contributed by atoms with Gasteiger partial charge < -0.3 is 10.2 Å². The molecule has 2 aromatic carbocycles. The Labute approximate surface area is 180 Å². The highest BCUT2D eigenvalue weighted by atomic mass is 79.9. The van der Waals surface area contributed by atoms with Crippen molar-refractivity contribution in [1.29, 1.82) is 0 Å². The lowest BCUT2D eigenvalue weighted by Crippen LogP contribution is -2.18. The first-order valence-electron chi connectivity index (χ1n) is 8.23. The van der Waals surface area contributed by atoms with E-state index in [4.69, 9.17) is 40.2 Å². The number of H-pyrrole nitrogens is 1. The summed E-state index contributed by atoms with van der Waals surface area (Å²) < 4.78 is 9.27. The first-order chi connectivity index (χ1) is 13.0. The van der Waals surface area contributed by atoms with E-state index in [0.29, 0.717) is 28.0 Å². The molecule has 0 bridgehead atoms. The van der Waals surface area contributed by atoms with Crippen molar-refractivity contribution in [2.75, 3.05) is 5.43 Å². The number of aryl methyl sites for hydroxylation is 1. The molecule has 0 saturated carbocycles. The van der Waals surface area contributed by atoms with Gasteiger partial charge in [0.25, 0.3) is 0 Å². The summed E-state index contributed by atoms with van der Waals surface area (Å²) in [7, 11) is 0. The number of rotatable bonds is 7. The molecular formula is C18H17BrCl2N4OS. The van der Waals surface area contributed by atoms with Crippen molar-refractivity contribution in [2.24, 2.45) is 0 Å². The fourth-order valence-electron chi connectivity index (χ4n) is 2.52. The van der Waals surface area contributed by atoms with Crippen molar-refractivity contribution >= 4 is 51.3 Å². The van der Waals surface area contributed by atoms with E-state index in [9.17, 15) is 0 Å². The number of benzene rings is 2.